The molecule has 1 heterocycles. The molecule has 1 fully saturated rings. The van der Waals surface area contributed by atoms with Crippen LogP contribution >= 0.6 is 0 Å². The number of hydrogen-bond donors (Lipinski definition) is 1. The fourth-order valence-electron chi connectivity index (χ4n) is 2.39. The largest absolute Gasteiger partial charge is 0.381 e. The Bertz CT molecular complexity index is 207. The van der Waals surface area contributed by atoms with Gasteiger partial charge in [-0.15, -0.1) is 0 Å². The third kappa shape index (κ3) is 7.34. The van der Waals surface area contributed by atoms with E-state index in [0.717, 1.165) is 19.1 Å². The highest BCUT2D eigenvalue weighted by Gasteiger charge is 2.21. The van der Waals surface area contributed by atoms with Crippen LogP contribution in [0.3, 0.4) is 0 Å². The number of hydrogen-bond acceptors (Lipinski definition) is 3. The zero-order valence-electron chi connectivity index (χ0n) is 12.7. The van der Waals surface area contributed by atoms with Gasteiger partial charge in [-0.1, -0.05) is 27.7 Å². The van der Waals surface area contributed by atoms with Crippen LogP contribution in [-0.4, -0.2) is 50.3 Å². The zero-order chi connectivity index (χ0) is 13.4. The summed E-state index contributed by atoms with van der Waals surface area (Å²) < 4.78 is 5.62. The highest BCUT2D eigenvalue weighted by molar-refractivity contribution is 4.77. The molecule has 3 nitrogen and oxygen atoms in total. The molecule has 1 aliphatic heterocycles. The Hall–Kier alpha value is -0.120. The van der Waals surface area contributed by atoms with Crippen LogP contribution in [0, 0.1) is 11.8 Å². The highest BCUT2D eigenvalue weighted by Crippen LogP contribution is 2.15. The molecule has 1 aliphatic rings. The normalized spacial score (nSPS) is 21.3. The third-order valence-corrected chi connectivity index (χ3v) is 3.40. The average Bonchev–Trinajstić information content (AvgIpc) is 2.73. The summed E-state index contributed by atoms with van der Waals surface area (Å²) >= 11 is 0. The lowest BCUT2D eigenvalue weighted by Gasteiger charge is -2.17. The quantitative estimate of drug-likeness (QED) is 0.641. The third-order valence-electron chi connectivity index (χ3n) is 3.40. The molecular weight excluding hydrogens is 224 g/mol. The molecule has 0 radical (unpaired) electrons. The first-order valence-electron chi connectivity index (χ1n) is 7.61. The standard InChI is InChI=1S/C15H32N2O/c1-13(2)12-18-9-5-7-17-8-6-15(11-17)10-16-14(3)4/h13-16H,5-12H2,1-4H3. The Kier molecular flexibility index (Phi) is 7.87. The van der Waals surface area contributed by atoms with Crippen molar-refractivity contribution >= 4 is 0 Å². The molecule has 0 saturated carbocycles. The van der Waals surface area contributed by atoms with Gasteiger partial charge in [-0.3, -0.25) is 0 Å². The second-order valence-corrected chi connectivity index (χ2v) is 6.34. The van der Waals surface area contributed by atoms with E-state index in [0.29, 0.717) is 12.0 Å². The molecule has 0 amide bonds. The van der Waals surface area contributed by atoms with E-state index in [1.165, 1.54) is 39.0 Å². The fourth-order valence-corrected chi connectivity index (χ4v) is 2.39. The van der Waals surface area contributed by atoms with Crippen molar-refractivity contribution in [3.05, 3.63) is 0 Å². The minimum Gasteiger partial charge on any atom is -0.381 e. The summed E-state index contributed by atoms with van der Waals surface area (Å²) in [5.74, 6) is 1.51. The molecule has 0 bridgehead atoms. The van der Waals surface area contributed by atoms with Gasteiger partial charge in [0.2, 0.25) is 0 Å². The van der Waals surface area contributed by atoms with E-state index in [1.807, 2.05) is 0 Å². The van der Waals surface area contributed by atoms with Crippen LogP contribution in [-0.2, 0) is 4.74 Å². The van der Waals surface area contributed by atoms with E-state index in [4.69, 9.17) is 4.74 Å². The Morgan fingerprint density at radius 2 is 2.06 bits per heavy atom. The van der Waals surface area contributed by atoms with Crippen molar-refractivity contribution in [2.24, 2.45) is 11.8 Å². The molecule has 1 saturated heterocycles. The predicted octanol–water partition coefficient (Wildman–Crippen LogP) is 2.37. The summed E-state index contributed by atoms with van der Waals surface area (Å²) in [6, 6.07) is 0.614. The summed E-state index contributed by atoms with van der Waals surface area (Å²) in [7, 11) is 0. The number of likely N-dealkylation sites (tertiary alicyclic amines) is 1. The van der Waals surface area contributed by atoms with Gasteiger partial charge >= 0.3 is 0 Å². The van der Waals surface area contributed by atoms with Crippen LogP contribution < -0.4 is 5.32 Å². The predicted molar refractivity (Wildman–Crippen MR) is 78.0 cm³/mol. The number of ether oxygens (including phenoxy) is 1. The number of nitrogens with one attached hydrogen (secondary N) is 1. The molecular formula is C15H32N2O. The topological polar surface area (TPSA) is 24.5 Å². The second kappa shape index (κ2) is 8.89. The molecule has 108 valence electrons. The Labute approximate surface area is 113 Å². The lowest BCUT2D eigenvalue weighted by atomic mass is 10.1. The van der Waals surface area contributed by atoms with Crippen molar-refractivity contribution in [1.82, 2.24) is 10.2 Å². The molecule has 1 rings (SSSR count). The Morgan fingerprint density at radius 3 is 2.72 bits per heavy atom. The maximum absolute atomic E-state index is 5.62. The first-order valence-corrected chi connectivity index (χ1v) is 7.61. The van der Waals surface area contributed by atoms with Crippen molar-refractivity contribution < 1.29 is 4.74 Å². The van der Waals surface area contributed by atoms with E-state index in [-0.39, 0.29) is 0 Å². The maximum Gasteiger partial charge on any atom is 0.0489 e. The van der Waals surface area contributed by atoms with Crippen molar-refractivity contribution in [2.75, 3.05) is 39.4 Å². The van der Waals surface area contributed by atoms with Crippen molar-refractivity contribution in [3.8, 4) is 0 Å². The van der Waals surface area contributed by atoms with Gasteiger partial charge in [-0.05, 0) is 37.8 Å². The minimum absolute atomic E-state index is 0.614. The maximum atomic E-state index is 5.62. The molecule has 0 aromatic carbocycles. The first-order chi connectivity index (χ1) is 8.58. The smallest absolute Gasteiger partial charge is 0.0489 e. The van der Waals surface area contributed by atoms with E-state index >= 15 is 0 Å². The first kappa shape index (κ1) is 15.9. The summed E-state index contributed by atoms with van der Waals surface area (Å²) in [6.07, 6.45) is 2.53. The summed E-state index contributed by atoms with van der Waals surface area (Å²) in [4.78, 5) is 2.59. The molecule has 0 spiro atoms. The molecule has 1 atom stereocenters. The fraction of sp³-hybridized carbons (Fsp3) is 1.00. The second-order valence-electron chi connectivity index (χ2n) is 6.34. The summed E-state index contributed by atoms with van der Waals surface area (Å²) in [5.41, 5.74) is 0. The lowest BCUT2D eigenvalue weighted by Crippen LogP contribution is -2.31. The van der Waals surface area contributed by atoms with Gasteiger partial charge in [-0.2, -0.15) is 0 Å². The van der Waals surface area contributed by atoms with Gasteiger partial charge in [0.15, 0.2) is 0 Å². The molecule has 18 heavy (non-hydrogen) atoms. The Morgan fingerprint density at radius 1 is 1.28 bits per heavy atom. The van der Waals surface area contributed by atoms with Crippen molar-refractivity contribution in [2.45, 2.75) is 46.6 Å². The summed E-state index contributed by atoms with van der Waals surface area (Å²) in [5, 5.41) is 3.55. The SMILES string of the molecule is CC(C)COCCCN1CCC(CNC(C)C)C1. The molecule has 0 aromatic heterocycles. The van der Waals surface area contributed by atoms with E-state index in [2.05, 4.69) is 37.9 Å². The van der Waals surface area contributed by atoms with Gasteiger partial charge in [-0.25, -0.2) is 0 Å². The summed E-state index contributed by atoms with van der Waals surface area (Å²) in [6.45, 7) is 15.6. The van der Waals surface area contributed by atoms with Crippen LogP contribution in [0.2, 0.25) is 0 Å². The van der Waals surface area contributed by atoms with Crippen LogP contribution in [0.25, 0.3) is 0 Å². The van der Waals surface area contributed by atoms with Gasteiger partial charge in [0.05, 0.1) is 0 Å². The van der Waals surface area contributed by atoms with Crippen LogP contribution in [0.4, 0.5) is 0 Å². The van der Waals surface area contributed by atoms with E-state index < -0.39 is 0 Å². The lowest BCUT2D eigenvalue weighted by molar-refractivity contribution is 0.101. The van der Waals surface area contributed by atoms with E-state index in [1.54, 1.807) is 0 Å². The minimum atomic E-state index is 0.614. The zero-order valence-corrected chi connectivity index (χ0v) is 12.7. The molecule has 1 unspecified atom stereocenters. The van der Waals surface area contributed by atoms with Gasteiger partial charge in [0.25, 0.3) is 0 Å². The van der Waals surface area contributed by atoms with Crippen LogP contribution in [0.5, 0.6) is 0 Å². The van der Waals surface area contributed by atoms with Crippen LogP contribution in [0.1, 0.15) is 40.5 Å². The van der Waals surface area contributed by atoms with Gasteiger partial charge < -0.3 is 15.0 Å². The molecule has 1 N–H and O–H groups in total. The molecule has 3 heteroatoms. The van der Waals surface area contributed by atoms with Crippen molar-refractivity contribution in [3.63, 3.8) is 0 Å². The van der Waals surface area contributed by atoms with E-state index in [9.17, 15) is 0 Å². The van der Waals surface area contributed by atoms with Crippen molar-refractivity contribution in [1.29, 1.82) is 0 Å². The van der Waals surface area contributed by atoms with Gasteiger partial charge in [0.1, 0.15) is 0 Å². The number of rotatable bonds is 9. The Balaban J connectivity index is 1.97. The molecule has 0 aliphatic carbocycles. The average molecular weight is 256 g/mol. The van der Waals surface area contributed by atoms with Crippen LogP contribution in [0.15, 0.2) is 0 Å². The monoisotopic (exact) mass is 256 g/mol. The molecule has 0 aromatic rings. The highest BCUT2D eigenvalue weighted by atomic mass is 16.5. The van der Waals surface area contributed by atoms with Gasteiger partial charge in [0, 0.05) is 32.3 Å². The number of nitrogens with zero attached hydrogens (tertiary/aromatic N) is 1.